The summed E-state index contributed by atoms with van der Waals surface area (Å²) < 4.78 is 0. The number of rotatable bonds is 2. The van der Waals surface area contributed by atoms with Gasteiger partial charge in [0, 0.05) is 0 Å². The maximum Gasteiger partial charge on any atom is 0.236 e. The minimum atomic E-state index is -0.160. The zero-order valence-electron chi connectivity index (χ0n) is 4.57. The Kier molecular flexibility index (Phi) is 18.8. The van der Waals surface area contributed by atoms with Gasteiger partial charge >= 0.3 is 0 Å². The molecule has 0 saturated carbocycles. The van der Waals surface area contributed by atoms with Crippen LogP contribution in [0.4, 0.5) is 0 Å². The van der Waals surface area contributed by atoms with Gasteiger partial charge in [-0.25, -0.2) is 9.59 Å². The second-order valence-electron chi connectivity index (χ2n) is 0.640. The summed E-state index contributed by atoms with van der Waals surface area (Å²) in [5.74, 6) is 8.00. The lowest BCUT2D eigenvalue weighted by atomic mass is 11.1. The monoisotopic (exact) mass is 130 g/mol. The lowest BCUT2D eigenvalue weighted by Crippen LogP contribution is -2.02. The molecule has 0 saturated heterocycles. The summed E-state index contributed by atoms with van der Waals surface area (Å²) in [6.45, 7) is -0.160. The summed E-state index contributed by atoms with van der Waals surface area (Å²) >= 11 is 0. The summed E-state index contributed by atoms with van der Waals surface area (Å²) in [6.07, 6.45) is 2.41. The first-order valence-electron chi connectivity index (χ1n) is 1.82. The molecule has 0 aromatic carbocycles. The molecular formula is C3H6N4O2. The molecule has 0 aromatic heterocycles. The van der Waals surface area contributed by atoms with Crippen molar-refractivity contribution in [2.24, 2.45) is 21.7 Å². The van der Waals surface area contributed by atoms with Crippen LogP contribution in [-0.4, -0.2) is 18.8 Å². The molecule has 6 heteroatoms. The SMILES string of the molecule is NN.O=C=NCN=C=O. The number of aliphatic imine (C=N–C) groups is 2. The molecule has 0 aliphatic rings. The van der Waals surface area contributed by atoms with Crippen LogP contribution in [0.3, 0.4) is 0 Å². The van der Waals surface area contributed by atoms with E-state index in [9.17, 15) is 9.59 Å². The van der Waals surface area contributed by atoms with E-state index in [1.54, 1.807) is 0 Å². The van der Waals surface area contributed by atoms with Crippen LogP contribution in [-0.2, 0) is 9.59 Å². The Bertz CT molecular complexity index is 117. The molecule has 6 nitrogen and oxygen atoms in total. The maximum atomic E-state index is 9.20. The number of hydrogen-bond acceptors (Lipinski definition) is 6. The summed E-state index contributed by atoms with van der Waals surface area (Å²) in [4.78, 5) is 24.2. The van der Waals surface area contributed by atoms with Crippen molar-refractivity contribution in [2.45, 2.75) is 0 Å². The van der Waals surface area contributed by atoms with Gasteiger partial charge in [-0.15, -0.1) is 0 Å². The van der Waals surface area contributed by atoms with E-state index in [2.05, 4.69) is 21.7 Å². The van der Waals surface area contributed by atoms with Crippen LogP contribution in [0.1, 0.15) is 0 Å². The summed E-state index contributed by atoms with van der Waals surface area (Å²) in [7, 11) is 0. The highest BCUT2D eigenvalue weighted by Gasteiger charge is 1.63. The van der Waals surface area contributed by atoms with Crippen molar-refractivity contribution in [2.75, 3.05) is 6.67 Å². The lowest BCUT2D eigenvalue weighted by molar-refractivity contribution is 0.560. The minimum absolute atomic E-state index is 0.160. The zero-order chi connectivity index (χ0) is 7.54. The van der Waals surface area contributed by atoms with Crippen molar-refractivity contribution >= 4 is 12.2 Å². The van der Waals surface area contributed by atoms with E-state index < -0.39 is 0 Å². The van der Waals surface area contributed by atoms with Gasteiger partial charge in [-0.1, -0.05) is 0 Å². The van der Waals surface area contributed by atoms with Crippen LogP contribution in [0.5, 0.6) is 0 Å². The molecule has 0 bridgehead atoms. The van der Waals surface area contributed by atoms with Gasteiger partial charge in [0.25, 0.3) is 0 Å². The summed E-state index contributed by atoms with van der Waals surface area (Å²) in [5, 5.41) is 0. The van der Waals surface area contributed by atoms with E-state index in [-0.39, 0.29) is 6.67 Å². The molecule has 0 atom stereocenters. The number of isocyanates is 2. The fraction of sp³-hybridized carbons (Fsp3) is 0.333. The third-order valence-electron chi connectivity index (χ3n) is 0.271. The van der Waals surface area contributed by atoms with Gasteiger partial charge < -0.3 is 0 Å². The average Bonchev–Trinajstić information content (AvgIpc) is 1.94. The van der Waals surface area contributed by atoms with Crippen LogP contribution in [0.2, 0.25) is 0 Å². The van der Waals surface area contributed by atoms with Crippen LogP contribution in [0, 0.1) is 0 Å². The fourth-order valence-electron chi connectivity index (χ4n) is 0.0931. The van der Waals surface area contributed by atoms with Crippen LogP contribution in [0.25, 0.3) is 0 Å². The molecule has 0 aliphatic heterocycles. The molecule has 4 N–H and O–H groups in total. The van der Waals surface area contributed by atoms with Gasteiger partial charge in [-0.05, 0) is 0 Å². The van der Waals surface area contributed by atoms with Crippen LogP contribution in [0.15, 0.2) is 9.98 Å². The van der Waals surface area contributed by atoms with Crippen molar-refractivity contribution in [3.05, 3.63) is 0 Å². The quantitative estimate of drug-likeness (QED) is 0.203. The molecule has 9 heavy (non-hydrogen) atoms. The Morgan fingerprint density at radius 1 is 1.11 bits per heavy atom. The van der Waals surface area contributed by atoms with Gasteiger partial charge in [0.1, 0.15) is 0 Å². The first kappa shape index (κ1) is 10.6. The molecule has 0 fully saturated rings. The number of nitrogens with two attached hydrogens (primary N) is 2. The van der Waals surface area contributed by atoms with E-state index >= 15 is 0 Å². The molecule has 0 aliphatic carbocycles. The third kappa shape index (κ3) is 20.4. The average molecular weight is 130 g/mol. The van der Waals surface area contributed by atoms with E-state index in [1.807, 2.05) is 0 Å². The van der Waals surface area contributed by atoms with Crippen molar-refractivity contribution in [3.63, 3.8) is 0 Å². The Hall–Kier alpha value is -1.32. The van der Waals surface area contributed by atoms with Crippen molar-refractivity contribution in [1.82, 2.24) is 0 Å². The Balaban J connectivity index is 0. The molecule has 0 amide bonds. The van der Waals surface area contributed by atoms with Crippen molar-refractivity contribution in [1.29, 1.82) is 0 Å². The largest absolute Gasteiger partial charge is 0.274 e. The highest BCUT2D eigenvalue weighted by Crippen LogP contribution is 1.61. The number of hydrazine groups is 1. The Morgan fingerprint density at radius 3 is 1.67 bits per heavy atom. The van der Waals surface area contributed by atoms with Crippen LogP contribution < -0.4 is 11.7 Å². The molecule has 0 rings (SSSR count). The highest BCUT2D eigenvalue weighted by atomic mass is 16.1. The zero-order valence-corrected chi connectivity index (χ0v) is 4.57. The minimum Gasteiger partial charge on any atom is -0.274 e. The summed E-state index contributed by atoms with van der Waals surface area (Å²) in [6, 6.07) is 0. The topological polar surface area (TPSA) is 111 Å². The predicted octanol–water partition coefficient (Wildman–Crippen LogP) is -1.57. The molecular weight excluding hydrogens is 124 g/mol. The van der Waals surface area contributed by atoms with Crippen LogP contribution >= 0.6 is 0 Å². The fourth-order valence-corrected chi connectivity index (χ4v) is 0.0931. The van der Waals surface area contributed by atoms with Gasteiger partial charge in [0.2, 0.25) is 12.2 Å². The Morgan fingerprint density at radius 2 is 1.44 bits per heavy atom. The maximum absolute atomic E-state index is 9.20. The summed E-state index contributed by atoms with van der Waals surface area (Å²) in [5.41, 5.74) is 0. The van der Waals surface area contributed by atoms with Gasteiger partial charge in [0.05, 0.1) is 0 Å². The number of nitrogens with zero attached hydrogens (tertiary/aromatic N) is 2. The van der Waals surface area contributed by atoms with E-state index in [1.165, 1.54) is 12.2 Å². The number of carbonyl (C=O) groups excluding carboxylic acids is 2. The smallest absolute Gasteiger partial charge is 0.236 e. The Labute approximate surface area is 51.2 Å². The predicted molar refractivity (Wildman–Crippen MR) is 29.5 cm³/mol. The second kappa shape index (κ2) is 15.9. The first-order valence-corrected chi connectivity index (χ1v) is 1.82. The molecule has 0 aromatic rings. The van der Waals surface area contributed by atoms with Gasteiger partial charge in [-0.3, -0.25) is 11.7 Å². The van der Waals surface area contributed by atoms with E-state index in [0.29, 0.717) is 0 Å². The molecule has 0 spiro atoms. The lowest BCUT2D eigenvalue weighted by Gasteiger charge is -1.63. The van der Waals surface area contributed by atoms with E-state index in [0.717, 1.165) is 0 Å². The molecule has 0 radical (unpaired) electrons. The second-order valence-corrected chi connectivity index (χ2v) is 0.640. The third-order valence-corrected chi connectivity index (χ3v) is 0.271. The first-order chi connectivity index (χ1) is 4.41. The van der Waals surface area contributed by atoms with Crippen molar-refractivity contribution in [3.8, 4) is 0 Å². The van der Waals surface area contributed by atoms with Crippen molar-refractivity contribution < 1.29 is 9.59 Å². The number of hydrogen-bond donors (Lipinski definition) is 2. The molecule has 0 unspecified atom stereocenters. The normalized spacial score (nSPS) is 5.11. The molecule has 0 heterocycles. The van der Waals surface area contributed by atoms with E-state index in [4.69, 9.17) is 0 Å². The van der Waals surface area contributed by atoms with Gasteiger partial charge in [0.15, 0.2) is 6.67 Å². The highest BCUT2D eigenvalue weighted by molar-refractivity contribution is 5.35. The standard InChI is InChI=1S/C3H2N2O2.H4N2/c6-2-4-1-5-3-7;1-2/h1H2;1-2H2. The molecule has 50 valence electrons. The van der Waals surface area contributed by atoms with Gasteiger partial charge in [-0.2, -0.15) is 9.98 Å².